The molecule has 0 aliphatic carbocycles. The third kappa shape index (κ3) is 2.62. The van der Waals surface area contributed by atoms with Gasteiger partial charge in [-0.05, 0) is 26.2 Å². The Balaban J connectivity index is 2.15. The Morgan fingerprint density at radius 1 is 1.37 bits per heavy atom. The van der Waals surface area contributed by atoms with Crippen molar-refractivity contribution in [2.75, 3.05) is 19.6 Å². The van der Waals surface area contributed by atoms with Gasteiger partial charge in [-0.3, -0.25) is 4.79 Å². The van der Waals surface area contributed by atoms with E-state index in [1.54, 1.807) is 0 Å². The molecule has 0 saturated carbocycles. The lowest BCUT2D eigenvalue weighted by molar-refractivity contribution is -0.142. The van der Waals surface area contributed by atoms with Crippen molar-refractivity contribution < 1.29 is 18.3 Å². The Morgan fingerprint density at radius 2 is 2.05 bits per heavy atom. The van der Waals surface area contributed by atoms with E-state index in [0.29, 0.717) is 6.54 Å². The van der Waals surface area contributed by atoms with Gasteiger partial charge < -0.3 is 10.8 Å². The van der Waals surface area contributed by atoms with Crippen molar-refractivity contribution in [3.63, 3.8) is 0 Å². The van der Waals surface area contributed by atoms with Crippen molar-refractivity contribution in [2.24, 2.45) is 5.73 Å². The third-order valence-electron chi connectivity index (χ3n) is 4.06. The second-order valence-electron chi connectivity index (χ2n) is 5.51. The van der Waals surface area contributed by atoms with Gasteiger partial charge in [-0.25, -0.2) is 0 Å². The summed E-state index contributed by atoms with van der Waals surface area (Å²) in [5, 5.41) is 9.06. The molecule has 0 spiro atoms. The summed E-state index contributed by atoms with van der Waals surface area (Å²) >= 11 is 0. The maximum absolute atomic E-state index is 12.5. The predicted octanol–water partition coefficient (Wildman–Crippen LogP) is -0.407. The maximum atomic E-state index is 12.5. The first-order chi connectivity index (χ1) is 8.77. The van der Waals surface area contributed by atoms with Crippen LogP contribution >= 0.6 is 0 Å². The fraction of sp³-hybridized carbons (Fsp3) is 0.909. The molecule has 2 heterocycles. The van der Waals surface area contributed by atoms with Gasteiger partial charge in [-0.15, -0.1) is 0 Å². The van der Waals surface area contributed by atoms with Gasteiger partial charge in [0.2, 0.25) is 0 Å². The first-order valence-corrected chi connectivity index (χ1v) is 7.96. The van der Waals surface area contributed by atoms with Crippen molar-refractivity contribution in [3.8, 4) is 0 Å². The standard InChI is InChI=1S/C11H21N3O4S/c1-9-4-2-3-6-14(9)19(17,18)13-7-5-11(12,8-13)10(15)16/h9H,2-8,12H2,1H3,(H,15,16). The average molecular weight is 291 g/mol. The smallest absolute Gasteiger partial charge is 0.325 e. The van der Waals surface area contributed by atoms with Gasteiger partial charge >= 0.3 is 5.97 Å². The predicted molar refractivity (Wildman–Crippen MR) is 69.7 cm³/mol. The van der Waals surface area contributed by atoms with E-state index in [4.69, 9.17) is 10.8 Å². The van der Waals surface area contributed by atoms with E-state index in [-0.39, 0.29) is 25.6 Å². The Hall–Kier alpha value is -0.700. The van der Waals surface area contributed by atoms with Gasteiger partial charge in [-0.2, -0.15) is 17.0 Å². The fourth-order valence-electron chi connectivity index (χ4n) is 2.73. The second kappa shape index (κ2) is 5.01. The Bertz CT molecular complexity index is 467. The molecule has 19 heavy (non-hydrogen) atoms. The first-order valence-electron chi connectivity index (χ1n) is 6.56. The summed E-state index contributed by atoms with van der Waals surface area (Å²) in [4.78, 5) is 11.1. The number of nitrogens with zero attached hydrogens (tertiary/aromatic N) is 2. The molecule has 7 nitrogen and oxygen atoms in total. The molecule has 0 aromatic carbocycles. The molecular formula is C11H21N3O4S. The van der Waals surface area contributed by atoms with E-state index in [9.17, 15) is 13.2 Å². The lowest BCUT2D eigenvalue weighted by Gasteiger charge is -2.35. The number of aliphatic carboxylic acids is 1. The lowest BCUT2D eigenvalue weighted by atomic mass is 10.0. The molecule has 0 bridgehead atoms. The Labute approximate surface area is 113 Å². The van der Waals surface area contributed by atoms with Crippen molar-refractivity contribution in [1.82, 2.24) is 8.61 Å². The summed E-state index contributed by atoms with van der Waals surface area (Å²) in [5.41, 5.74) is 4.28. The summed E-state index contributed by atoms with van der Waals surface area (Å²) in [5.74, 6) is -1.14. The zero-order valence-electron chi connectivity index (χ0n) is 11.1. The molecule has 2 aliphatic heterocycles. The van der Waals surface area contributed by atoms with Crippen LogP contribution in [0.1, 0.15) is 32.6 Å². The number of rotatable bonds is 3. The maximum Gasteiger partial charge on any atom is 0.325 e. The number of hydrogen-bond acceptors (Lipinski definition) is 4. The molecule has 3 N–H and O–H groups in total. The van der Waals surface area contributed by atoms with Crippen LogP contribution < -0.4 is 5.73 Å². The van der Waals surface area contributed by atoms with Crippen LogP contribution in [0.2, 0.25) is 0 Å². The van der Waals surface area contributed by atoms with Gasteiger partial charge in [-0.1, -0.05) is 6.42 Å². The summed E-state index contributed by atoms with van der Waals surface area (Å²) in [7, 11) is -3.59. The Morgan fingerprint density at radius 3 is 2.58 bits per heavy atom. The van der Waals surface area contributed by atoms with E-state index in [2.05, 4.69) is 0 Å². The van der Waals surface area contributed by atoms with Crippen LogP contribution in [0.4, 0.5) is 0 Å². The first kappa shape index (κ1) is 14.7. The van der Waals surface area contributed by atoms with E-state index < -0.39 is 21.7 Å². The van der Waals surface area contributed by atoms with E-state index in [0.717, 1.165) is 19.3 Å². The molecule has 2 atom stereocenters. The normalized spacial score (nSPS) is 34.5. The van der Waals surface area contributed by atoms with Gasteiger partial charge in [0.25, 0.3) is 10.2 Å². The van der Waals surface area contributed by atoms with Crippen molar-refractivity contribution in [1.29, 1.82) is 0 Å². The quantitative estimate of drug-likeness (QED) is 0.736. The molecule has 0 aromatic rings. The van der Waals surface area contributed by atoms with Crippen LogP contribution in [0.25, 0.3) is 0 Å². The molecule has 0 amide bonds. The molecule has 2 aliphatic rings. The van der Waals surface area contributed by atoms with E-state index in [1.165, 1.54) is 8.61 Å². The molecule has 2 rings (SSSR count). The number of carboxylic acid groups (broad SMARTS) is 1. The van der Waals surface area contributed by atoms with Gasteiger partial charge in [0.15, 0.2) is 0 Å². The third-order valence-corrected chi connectivity index (χ3v) is 6.16. The topological polar surface area (TPSA) is 104 Å². The van der Waals surface area contributed by atoms with Crippen molar-refractivity contribution in [2.45, 2.75) is 44.2 Å². The van der Waals surface area contributed by atoms with Crippen molar-refractivity contribution >= 4 is 16.2 Å². The number of carbonyl (C=O) groups is 1. The Kier molecular flexibility index (Phi) is 3.87. The van der Waals surface area contributed by atoms with Crippen LogP contribution in [-0.4, -0.2) is 59.3 Å². The molecule has 8 heteroatoms. The molecule has 0 radical (unpaired) electrons. The molecule has 110 valence electrons. The molecule has 2 saturated heterocycles. The van der Waals surface area contributed by atoms with Crippen molar-refractivity contribution in [3.05, 3.63) is 0 Å². The second-order valence-corrected chi connectivity index (χ2v) is 7.39. The number of carboxylic acids is 1. The van der Waals surface area contributed by atoms with E-state index >= 15 is 0 Å². The minimum atomic E-state index is -3.59. The fourth-order valence-corrected chi connectivity index (χ4v) is 4.66. The molecule has 0 aromatic heterocycles. The summed E-state index contributed by atoms with van der Waals surface area (Å²) < 4.78 is 27.7. The summed E-state index contributed by atoms with van der Waals surface area (Å²) in [6, 6.07) is -0.0312. The number of nitrogens with two attached hydrogens (primary N) is 1. The average Bonchev–Trinajstić information content (AvgIpc) is 2.74. The number of hydrogen-bond donors (Lipinski definition) is 2. The van der Waals surface area contributed by atoms with E-state index in [1.807, 2.05) is 6.92 Å². The SMILES string of the molecule is CC1CCCCN1S(=O)(=O)N1CCC(N)(C(=O)O)C1. The molecule has 2 fully saturated rings. The lowest BCUT2D eigenvalue weighted by Crippen LogP contribution is -2.53. The summed E-state index contributed by atoms with van der Waals surface area (Å²) in [6.07, 6.45) is 2.89. The minimum Gasteiger partial charge on any atom is -0.480 e. The van der Waals surface area contributed by atoms with Crippen LogP contribution in [0.3, 0.4) is 0 Å². The van der Waals surface area contributed by atoms with Crippen LogP contribution in [0, 0.1) is 0 Å². The van der Waals surface area contributed by atoms with Gasteiger partial charge in [0, 0.05) is 25.7 Å². The highest BCUT2D eigenvalue weighted by Crippen LogP contribution is 2.27. The van der Waals surface area contributed by atoms with Gasteiger partial charge in [0.05, 0.1) is 0 Å². The largest absolute Gasteiger partial charge is 0.480 e. The zero-order valence-corrected chi connectivity index (χ0v) is 11.9. The monoisotopic (exact) mass is 291 g/mol. The zero-order chi connectivity index (χ0) is 14.3. The van der Waals surface area contributed by atoms with Gasteiger partial charge in [0.1, 0.15) is 5.54 Å². The number of piperidine rings is 1. The van der Waals surface area contributed by atoms with Crippen LogP contribution in [0.15, 0.2) is 0 Å². The highest BCUT2D eigenvalue weighted by molar-refractivity contribution is 7.86. The molecular weight excluding hydrogens is 270 g/mol. The highest BCUT2D eigenvalue weighted by atomic mass is 32.2. The molecule has 2 unspecified atom stereocenters. The summed E-state index contributed by atoms with van der Waals surface area (Å²) in [6.45, 7) is 2.42. The van der Waals surface area contributed by atoms with Crippen LogP contribution in [-0.2, 0) is 15.0 Å². The highest BCUT2D eigenvalue weighted by Gasteiger charge is 2.47. The van der Waals surface area contributed by atoms with Crippen LogP contribution in [0.5, 0.6) is 0 Å². The minimum absolute atomic E-state index is 0.0312.